The van der Waals surface area contributed by atoms with Gasteiger partial charge in [-0.15, -0.1) is 0 Å². The topological polar surface area (TPSA) is 47.6 Å². The number of hydrogen-bond acceptors (Lipinski definition) is 4. The van der Waals surface area contributed by atoms with Gasteiger partial charge in [-0.3, -0.25) is 4.79 Å². The van der Waals surface area contributed by atoms with Gasteiger partial charge in [0, 0.05) is 20.1 Å². The first-order chi connectivity index (χ1) is 7.79. The van der Waals surface area contributed by atoms with E-state index in [1.807, 2.05) is 0 Å². The van der Waals surface area contributed by atoms with Crippen molar-refractivity contribution < 1.29 is 14.3 Å². The van der Waals surface area contributed by atoms with Gasteiger partial charge in [0.2, 0.25) is 0 Å². The Labute approximate surface area is 97.7 Å². The molecule has 0 aromatic rings. The zero-order valence-electron chi connectivity index (χ0n) is 10.2. The molecule has 1 N–H and O–H groups in total. The number of carbonyl (C=O) groups is 1. The summed E-state index contributed by atoms with van der Waals surface area (Å²) in [6.07, 6.45) is 4.40. The molecule has 0 bridgehead atoms. The van der Waals surface area contributed by atoms with E-state index in [0.717, 1.165) is 39.1 Å². The molecule has 1 aliphatic heterocycles. The van der Waals surface area contributed by atoms with Crippen LogP contribution in [-0.4, -0.2) is 38.9 Å². The predicted molar refractivity (Wildman–Crippen MR) is 62.3 cm³/mol. The summed E-state index contributed by atoms with van der Waals surface area (Å²) in [5, 5.41) is 3.37. The summed E-state index contributed by atoms with van der Waals surface area (Å²) in [7, 11) is 0. The molecule has 0 amide bonds. The molecule has 0 aromatic heterocycles. The summed E-state index contributed by atoms with van der Waals surface area (Å²) in [4.78, 5) is 10.5. The molecule has 4 heteroatoms. The molecule has 1 heterocycles. The quantitative estimate of drug-likeness (QED) is 0.529. The van der Waals surface area contributed by atoms with Crippen LogP contribution >= 0.6 is 0 Å². The van der Waals surface area contributed by atoms with Crippen molar-refractivity contribution in [2.45, 2.75) is 32.6 Å². The number of ether oxygens (including phenoxy) is 2. The second-order valence-corrected chi connectivity index (χ2v) is 4.33. The van der Waals surface area contributed by atoms with Crippen molar-refractivity contribution in [1.82, 2.24) is 5.32 Å². The van der Waals surface area contributed by atoms with Crippen LogP contribution in [0.25, 0.3) is 0 Å². The largest absolute Gasteiger partial charge is 0.466 e. The van der Waals surface area contributed by atoms with Crippen LogP contribution in [0.2, 0.25) is 0 Å². The van der Waals surface area contributed by atoms with Crippen LogP contribution in [0.5, 0.6) is 0 Å². The van der Waals surface area contributed by atoms with Gasteiger partial charge in [0.25, 0.3) is 0 Å². The summed E-state index contributed by atoms with van der Waals surface area (Å²) in [6.45, 7) is 5.83. The molecule has 0 radical (unpaired) electrons. The normalized spacial score (nSPS) is 20.7. The lowest BCUT2D eigenvalue weighted by molar-refractivity contribution is -0.141. The summed E-state index contributed by atoms with van der Waals surface area (Å²) in [5.74, 6) is 0.483. The lowest BCUT2D eigenvalue weighted by atomic mass is 10.0. The van der Waals surface area contributed by atoms with Gasteiger partial charge in [0.05, 0.1) is 13.2 Å². The Bertz CT molecular complexity index is 191. The van der Waals surface area contributed by atoms with Gasteiger partial charge in [-0.1, -0.05) is 0 Å². The van der Waals surface area contributed by atoms with Crippen molar-refractivity contribution in [2.75, 3.05) is 32.9 Å². The second kappa shape index (κ2) is 8.53. The van der Waals surface area contributed by atoms with Gasteiger partial charge < -0.3 is 14.8 Å². The van der Waals surface area contributed by atoms with Crippen molar-refractivity contribution in [3.63, 3.8) is 0 Å². The standard InChI is InChI=1S/C12H23NO3/c1-11(14)16-8-3-2-7-15-10-12-5-4-6-13-9-12/h12-13H,2-10H2,1H3. The van der Waals surface area contributed by atoms with Crippen LogP contribution in [0, 0.1) is 5.92 Å². The molecule has 1 fully saturated rings. The van der Waals surface area contributed by atoms with Crippen molar-refractivity contribution in [3.8, 4) is 0 Å². The van der Waals surface area contributed by atoms with Gasteiger partial charge in [-0.2, -0.15) is 0 Å². The summed E-state index contributed by atoms with van der Waals surface area (Å²) >= 11 is 0. The van der Waals surface area contributed by atoms with Gasteiger partial charge in [0.15, 0.2) is 0 Å². The smallest absolute Gasteiger partial charge is 0.302 e. The average Bonchev–Trinajstić information content (AvgIpc) is 2.29. The van der Waals surface area contributed by atoms with E-state index in [2.05, 4.69) is 5.32 Å². The minimum absolute atomic E-state index is 0.200. The number of hydrogen-bond donors (Lipinski definition) is 1. The lowest BCUT2D eigenvalue weighted by Gasteiger charge is -2.22. The monoisotopic (exact) mass is 229 g/mol. The number of unbranched alkanes of at least 4 members (excludes halogenated alkanes) is 1. The Morgan fingerprint density at radius 3 is 2.88 bits per heavy atom. The van der Waals surface area contributed by atoms with Gasteiger partial charge >= 0.3 is 5.97 Å². The fourth-order valence-corrected chi connectivity index (χ4v) is 1.84. The van der Waals surface area contributed by atoms with Crippen molar-refractivity contribution in [3.05, 3.63) is 0 Å². The summed E-state index contributed by atoms with van der Waals surface area (Å²) in [5.41, 5.74) is 0. The molecule has 0 aliphatic carbocycles. The van der Waals surface area contributed by atoms with Gasteiger partial charge in [0.1, 0.15) is 0 Å². The molecule has 1 unspecified atom stereocenters. The maximum Gasteiger partial charge on any atom is 0.302 e. The van der Waals surface area contributed by atoms with E-state index in [4.69, 9.17) is 9.47 Å². The van der Waals surface area contributed by atoms with Crippen LogP contribution in [0.4, 0.5) is 0 Å². The van der Waals surface area contributed by atoms with Crippen LogP contribution in [0.3, 0.4) is 0 Å². The molecular weight excluding hydrogens is 206 g/mol. The van der Waals surface area contributed by atoms with Crippen LogP contribution in [-0.2, 0) is 14.3 Å². The van der Waals surface area contributed by atoms with Crippen LogP contribution in [0.15, 0.2) is 0 Å². The van der Waals surface area contributed by atoms with Crippen molar-refractivity contribution in [2.24, 2.45) is 5.92 Å². The third-order valence-corrected chi connectivity index (χ3v) is 2.74. The molecule has 1 atom stereocenters. The molecule has 0 saturated carbocycles. The van der Waals surface area contributed by atoms with Crippen molar-refractivity contribution in [1.29, 1.82) is 0 Å². The van der Waals surface area contributed by atoms with Crippen LogP contribution < -0.4 is 5.32 Å². The second-order valence-electron chi connectivity index (χ2n) is 4.33. The summed E-state index contributed by atoms with van der Waals surface area (Å²) < 4.78 is 10.4. The van der Waals surface area contributed by atoms with Crippen molar-refractivity contribution >= 4 is 5.97 Å². The highest BCUT2D eigenvalue weighted by Gasteiger charge is 2.12. The Morgan fingerprint density at radius 2 is 2.19 bits per heavy atom. The Balaban J connectivity index is 1.82. The highest BCUT2D eigenvalue weighted by Crippen LogP contribution is 2.10. The minimum Gasteiger partial charge on any atom is -0.466 e. The minimum atomic E-state index is -0.200. The number of rotatable bonds is 7. The molecule has 0 spiro atoms. The first-order valence-corrected chi connectivity index (χ1v) is 6.21. The first-order valence-electron chi connectivity index (χ1n) is 6.21. The molecule has 94 valence electrons. The fourth-order valence-electron chi connectivity index (χ4n) is 1.84. The number of piperidine rings is 1. The number of esters is 1. The Morgan fingerprint density at radius 1 is 1.38 bits per heavy atom. The predicted octanol–water partition coefficient (Wildman–Crippen LogP) is 1.35. The molecule has 0 aromatic carbocycles. The molecule has 1 saturated heterocycles. The maximum atomic E-state index is 10.5. The van der Waals surface area contributed by atoms with Gasteiger partial charge in [-0.05, 0) is 38.1 Å². The molecule has 1 aliphatic rings. The first kappa shape index (κ1) is 13.5. The van der Waals surface area contributed by atoms with E-state index in [1.54, 1.807) is 0 Å². The van der Waals surface area contributed by atoms with E-state index in [-0.39, 0.29) is 5.97 Å². The molecule has 16 heavy (non-hydrogen) atoms. The van der Waals surface area contributed by atoms with E-state index in [9.17, 15) is 4.79 Å². The highest BCUT2D eigenvalue weighted by molar-refractivity contribution is 5.65. The highest BCUT2D eigenvalue weighted by atomic mass is 16.5. The van der Waals surface area contributed by atoms with E-state index in [1.165, 1.54) is 19.8 Å². The number of carbonyl (C=O) groups excluding carboxylic acids is 1. The zero-order valence-corrected chi connectivity index (χ0v) is 10.2. The Kier molecular flexibility index (Phi) is 7.17. The van der Waals surface area contributed by atoms with Gasteiger partial charge in [-0.25, -0.2) is 0 Å². The summed E-state index contributed by atoms with van der Waals surface area (Å²) in [6, 6.07) is 0. The van der Waals surface area contributed by atoms with E-state index >= 15 is 0 Å². The molecule has 1 rings (SSSR count). The number of nitrogens with one attached hydrogen (secondary N) is 1. The third kappa shape index (κ3) is 6.80. The van der Waals surface area contributed by atoms with E-state index in [0.29, 0.717) is 12.5 Å². The average molecular weight is 229 g/mol. The Hall–Kier alpha value is -0.610. The third-order valence-electron chi connectivity index (χ3n) is 2.74. The molecular formula is C12H23NO3. The van der Waals surface area contributed by atoms with Crippen LogP contribution in [0.1, 0.15) is 32.6 Å². The SMILES string of the molecule is CC(=O)OCCCCOCC1CCCNC1. The lowest BCUT2D eigenvalue weighted by Crippen LogP contribution is -2.32. The molecule has 4 nitrogen and oxygen atoms in total. The zero-order chi connectivity index (χ0) is 11.6. The van der Waals surface area contributed by atoms with E-state index < -0.39 is 0 Å². The fraction of sp³-hybridized carbons (Fsp3) is 0.917. The maximum absolute atomic E-state index is 10.5.